The van der Waals surface area contributed by atoms with Crippen LogP contribution < -0.4 is 15.0 Å². The van der Waals surface area contributed by atoms with Crippen LogP contribution in [0, 0.1) is 13.8 Å². The fourth-order valence-electron chi connectivity index (χ4n) is 3.83. The number of ketones is 1. The second-order valence-corrected chi connectivity index (χ2v) is 8.23. The van der Waals surface area contributed by atoms with Crippen LogP contribution in [0.3, 0.4) is 0 Å². The van der Waals surface area contributed by atoms with Gasteiger partial charge in [-0.2, -0.15) is 13.2 Å². The van der Waals surface area contributed by atoms with Gasteiger partial charge in [0.1, 0.15) is 11.6 Å². The maximum atomic E-state index is 13.1. The molecule has 2 aromatic heterocycles. The van der Waals surface area contributed by atoms with Gasteiger partial charge in [-0.3, -0.25) is 9.59 Å². The monoisotopic (exact) mass is 480 g/mol. The normalized spacial score (nSPS) is 15.5. The summed E-state index contributed by atoms with van der Waals surface area (Å²) in [6.45, 7) is 3.72. The van der Waals surface area contributed by atoms with Crippen molar-refractivity contribution in [1.29, 1.82) is 0 Å². The maximum absolute atomic E-state index is 13.1. The Kier molecular flexibility index (Phi) is 6.00. The Morgan fingerprint density at radius 2 is 1.88 bits per heavy atom. The number of aryl methyl sites for hydroxylation is 1. The lowest BCUT2D eigenvalue weighted by atomic mass is 10.1. The van der Waals surface area contributed by atoms with E-state index in [0.717, 1.165) is 5.69 Å². The Balaban J connectivity index is 1.56. The molecule has 0 amide bonds. The molecule has 0 fully saturated rings. The summed E-state index contributed by atoms with van der Waals surface area (Å²) in [6.07, 6.45) is -4.38. The molecule has 3 aromatic rings. The third kappa shape index (κ3) is 4.64. The van der Waals surface area contributed by atoms with Crippen molar-refractivity contribution in [2.45, 2.75) is 39.2 Å². The van der Waals surface area contributed by atoms with Gasteiger partial charge in [0.2, 0.25) is 0 Å². The first-order valence-corrected chi connectivity index (χ1v) is 10.5. The second kappa shape index (κ2) is 8.62. The third-order valence-corrected chi connectivity index (χ3v) is 5.78. The molecule has 1 aliphatic heterocycles. The summed E-state index contributed by atoms with van der Waals surface area (Å²) >= 11 is 5.69. The summed E-state index contributed by atoms with van der Waals surface area (Å²) in [5.74, 6) is 0.794. The van der Waals surface area contributed by atoms with E-state index in [4.69, 9.17) is 21.1 Å². The van der Waals surface area contributed by atoms with E-state index in [1.807, 2.05) is 35.8 Å². The summed E-state index contributed by atoms with van der Waals surface area (Å²) in [6, 6.07) is 9.52. The van der Waals surface area contributed by atoms with E-state index in [1.54, 1.807) is 13.0 Å². The number of fused-ring (bicyclic) bond motifs is 1. The van der Waals surface area contributed by atoms with Gasteiger partial charge < -0.3 is 18.6 Å². The number of Topliss-reactive ketones (excluding diaryl/α,β-unsaturated/α-hetero) is 1. The van der Waals surface area contributed by atoms with Gasteiger partial charge in [-0.25, -0.2) is 0 Å². The summed E-state index contributed by atoms with van der Waals surface area (Å²) in [5, 5.41) is -0.599. The number of ether oxygens (including phenoxy) is 2. The highest BCUT2D eigenvalue weighted by atomic mass is 35.5. The van der Waals surface area contributed by atoms with Crippen LogP contribution in [0.1, 0.15) is 27.3 Å². The minimum absolute atomic E-state index is 0.294. The second-order valence-electron chi connectivity index (χ2n) is 7.82. The molecule has 0 aliphatic carbocycles. The Bertz CT molecular complexity index is 1280. The van der Waals surface area contributed by atoms with E-state index in [9.17, 15) is 22.8 Å². The minimum atomic E-state index is -4.70. The molecule has 33 heavy (non-hydrogen) atoms. The number of hydrogen-bond donors (Lipinski definition) is 0. The number of carbonyl (C=O) groups excluding carboxylic acids is 1. The standard InChI is InChI=1S/C23H20ClF3N2O4/c1-13-7-17(19(30)11-28-9-15(23(25,26)27)8-18(24)22(28)31)14(2)29(13)10-16-12-32-20-5-3-4-6-21(20)33-16/h3-9,16H,10-12H2,1-2H3/t16-/m1/s1. The number of carbonyl (C=O) groups is 1. The number of benzene rings is 1. The van der Waals surface area contributed by atoms with Gasteiger partial charge in [0.05, 0.1) is 18.7 Å². The van der Waals surface area contributed by atoms with E-state index in [2.05, 4.69) is 0 Å². The molecule has 6 nitrogen and oxygen atoms in total. The lowest BCUT2D eigenvalue weighted by molar-refractivity contribution is -0.138. The van der Waals surface area contributed by atoms with E-state index in [-0.39, 0.29) is 6.10 Å². The fourth-order valence-corrected chi connectivity index (χ4v) is 4.06. The van der Waals surface area contributed by atoms with Crippen LogP contribution >= 0.6 is 11.6 Å². The number of pyridine rings is 1. The summed E-state index contributed by atoms with van der Waals surface area (Å²) < 4.78 is 53.6. The zero-order valence-electron chi connectivity index (χ0n) is 17.8. The molecule has 3 heterocycles. The van der Waals surface area contributed by atoms with Gasteiger partial charge >= 0.3 is 6.18 Å². The van der Waals surface area contributed by atoms with Crippen molar-refractivity contribution in [3.63, 3.8) is 0 Å². The molecule has 4 rings (SSSR count). The molecule has 0 unspecified atom stereocenters. The smallest absolute Gasteiger partial charge is 0.417 e. The van der Waals surface area contributed by atoms with Crippen LogP contribution in [0.2, 0.25) is 5.02 Å². The Labute approximate surface area is 192 Å². The SMILES string of the molecule is Cc1cc(C(=O)Cn2cc(C(F)(F)F)cc(Cl)c2=O)c(C)n1C[C@@H]1COc2ccccc2O1. The number of alkyl halides is 3. The van der Waals surface area contributed by atoms with Crippen molar-refractivity contribution in [3.05, 3.63) is 80.5 Å². The number of aromatic nitrogens is 2. The molecule has 0 N–H and O–H groups in total. The van der Waals surface area contributed by atoms with Gasteiger partial charge in [0.15, 0.2) is 23.4 Å². The molecule has 1 atom stereocenters. The Morgan fingerprint density at radius 1 is 1.18 bits per heavy atom. The zero-order chi connectivity index (χ0) is 23.9. The van der Waals surface area contributed by atoms with Crippen LogP contribution in [0.5, 0.6) is 11.5 Å². The highest BCUT2D eigenvalue weighted by Crippen LogP contribution is 2.32. The first-order valence-electron chi connectivity index (χ1n) is 10.1. The third-order valence-electron chi connectivity index (χ3n) is 5.51. The molecule has 174 valence electrons. The van der Waals surface area contributed by atoms with Crippen molar-refractivity contribution >= 4 is 17.4 Å². The Morgan fingerprint density at radius 3 is 2.58 bits per heavy atom. The average Bonchev–Trinajstić information content (AvgIpc) is 3.04. The number of para-hydroxylation sites is 2. The van der Waals surface area contributed by atoms with Crippen molar-refractivity contribution < 1.29 is 27.4 Å². The quantitative estimate of drug-likeness (QED) is 0.498. The number of rotatable bonds is 5. The molecule has 0 saturated heterocycles. The van der Waals surface area contributed by atoms with Crippen LogP contribution in [0.4, 0.5) is 13.2 Å². The van der Waals surface area contributed by atoms with E-state index < -0.39 is 34.6 Å². The largest absolute Gasteiger partial charge is 0.486 e. The van der Waals surface area contributed by atoms with Gasteiger partial charge in [0, 0.05) is 23.1 Å². The minimum Gasteiger partial charge on any atom is -0.486 e. The lowest BCUT2D eigenvalue weighted by Crippen LogP contribution is -2.33. The van der Waals surface area contributed by atoms with E-state index in [0.29, 0.717) is 52.7 Å². The first kappa shape index (κ1) is 23.0. The van der Waals surface area contributed by atoms with Crippen LogP contribution in [0.15, 0.2) is 47.4 Å². The Hall–Kier alpha value is -3.20. The predicted octanol–water partition coefficient (Wildman–Crippen LogP) is 4.66. The highest BCUT2D eigenvalue weighted by molar-refractivity contribution is 6.30. The predicted molar refractivity (Wildman–Crippen MR) is 115 cm³/mol. The number of halogens is 4. The van der Waals surface area contributed by atoms with Crippen LogP contribution in [-0.2, 0) is 19.3 Å². The van der Waals surface area contributed by atoms with Gasteiger partial charge in [-0.15, -0.1) is 0 Å². The van der Waals surface area contributed by atoms with Crippen LogP contribution in [0.25, 0.3) is 0 Å². The molecule has 0 bridgehead atoms. The van der Waals surface area contributed by atoms with Gasteiger partial charge in [-0.1, -0.05) is 23.7 Å². The molecule has 10 heteroatoms. The molecule has 1 aromatic carbocycles. The van der Waals surface area contributed by atoms with Crippen molar-refractivity contribution in [1.82, 2.24) is 9.13 Å². The van der Waals surface area contributed by atoms with Crippen molar-refractivity contribution in [3.8, 4) is 11.5 Å². The molecule has 0 spiro atoms. The molecular formula is C23H20ClF3N2O4. The molecule has 1 aliphatic rings. The van der Waals surface area contributed by atoms with Crippen molar-refractivity contribution in [2.24, 2.45) is 0 Å². The number of hydrogen-bond acceptors (Lipinski definition) is 4. The zero-order valence-corrected chi connectivity index (χ0v) is 18.5. The summed E-state index contributed by atoms with van der Waals surface area (Å²) in [4.78, 5) is 25.1. The summed E-state index contributed by atoms with van der Waals surface area (Å²) in [5.41, 5.74) is -0.262. The number of nitrogens with zero attached hydrogens (tertiary/aromatic N) is 2. The van der Waals surface area contributed by atoms with Crippen LogP contribution in [-0.4, -0.2) is 27.6 Å². The fraction of sp³-hybridized carbons (Fsp3) is 0.304. The average molecular weight is 481 g/mol. The van der Waals surface area contributed by atoms with E-state index in [1.165, 1.54) is 0 Å². The molecule has 0 saturated carbocycles. The molecular weight excluding hydrogens is 461 g/mol. The molecule has 0 radical (unpaired) electrons. The van der Waals surface area contributed by atoms with E-state index >= 15 is 0 Å². The summed E-state index contributed by atoms with van der Waals surface area (Å²) in [7, 11) is 0. The maximum Gasteiger partial charge on any atom is 0.417 e. The van der Waals surface area contributed by atoms with Gasteiger partial charge in [0.25, 0.3) is 5.56 Å². The van der Waals surface area contributed by atoms with Crippen molar-refractivity contribution in [2.75, 3.05) is 6.61 Å². The highest BCUT2D eigenvalue weighted by Gasteiger charge is 2.32. The lowest BCUT2D eigenvalue weighted by Gasteiger charge is -2.27. The topological polar surface area (TPSA) is 62.5 Å². The van der Waals surface area contributed by atoms with Gasteiger partial charge in [-0.05, 0) is 38.1 Å². The first-order chi connectivity index (χ1) is 15.5.